The predicted octanol–water partition coefficient (Wildman–Crippen LogP) is 3.70. The third kappa shape index (κ3) is 6.89. The maximum absolute atomic E-state index is 4.42. The van der Waals surface area contributed by atoms with Gasteiger partial charge in [-0.15, -0.1) is 24.0 Å². The molecule has 2 unspecified atom stereocenters. The third-order valence-electron chi connectivity index (χ3n) is 5.38. The standard InChI is InChI=1S/C23H33N5.HI/c1-18-13-21(17-28(18)16-19-9-6-5-7-10-19)26-23(24-2)25-15-20-11-8-12-22(14-20)27(3)4;/h5-12,14,18,21H,13,15-17H2,1-4H3,(H2,24,25,26);1H. The molecule has 2 atom stereocenters. The predicted molar refractivity (Wildman–Crippen MR) is 134 cm³/mol. The Hall–Kier alpha value is -1.80. The Morgan fingerprint density at radius 3 is 2.52 bits per heavy atom. The van der Waals surface area contributed by atoms with Crippen molar-refractivity contribution < 1.29 is 0 Å². The second kappa shape index (κ2) is 11.4. The van der Waals surface area contributed by atoms with Crippen LogP contribution in [0.4, 0.5) is 5.69 Å². The van der Waals surface area contributed by atoms with Crippen molar-refractivity contribution in [3.8, 4) is 0 Å². The van der Waals surface area contributed by atoms with Crippen LogP contribution in [0.5, 0.6) is 0 Å². The minimum atomic E-state index is 0. The molecule has 2 aromatic rings. The van der Waals surface area contributed by atoms with Crippen LogP contribution >= 0.6 is 24.0 Å². The SMILES string of the molecule is CN=C(NCc1cccc(N(C)C)c1)NC1CC(C)N(Cc2ccccc2)C1.I. The largest absolute Gasteiger partial charge is 0.378 e. The third-order valence-corrected chi connectivity index (χ3v) is 5.38. The lowest BCUT2D eigenvalue weighted by Crippen LogP contribution is -2.44. The molecule has 3 rings (SSSR count). The molecular weight excluding hydrogens is 473 g/mol. The van der Waals surface area contributed by atoms with Gasteiger partial charge in [0.15, 0.2) is 5.96 Å². The number of anilines is 1. The van der Waals surface area contributed by atoms with Crippen LogP contribution in [0, 0.1) is 0 Å². The Kier molecular flexibility index (Phi) is 9.23. The van der Waals surface area contributed by atoms with E-state index in [0.29, 0.717) is 12.1 Å². The summed E-state index contributed by atoms with van der Waals surface area (Å²) >= 11 is 0. The molecule has 0 radical (unpaired) electrons. The van der Waals surface area contributed by atoms with Gasteiger partial charge >= 0.3 is 0 Å². The fourth-order valence-electron chi connectivity index (χ4n) is 3.76. The van der Waals surface area contributed by atoms with Crippen LogP contribution in [-0.4, -0.2) is 50.6 Å². The molecule has 0 saturated carbocycles. The lowest BCUT2D eigenvalue weighted by molar-refractivity contribution is 0.258. The number of halogens is 1. The van der Waals surface area contributed by atoms with Crippen LogP contribution in [0.25, 0.3) is 0 Å². The van der Waals surface area contributed by atoms with Crippen molar-refractivity contribution in [1.29, 1.82) is 0 Å². The number of likely N-dealkylation sites (tertiary alicyclic amines) is 1. The number of hydrogen-bond acceptors (Lipinski definition) is 3. The number of guanidine groups is 1. The van der Waals surface area contributed by atoms with E-state index >= 15 is 0 Å². The van der Waals surface area contributed by atoms with E-state index in [0.717, 1.165) is 32.0 Å². The number of nitrogens with zero attached hydrogens (tertiary/aromatic N) is 3. The second-order valence-corrected chi connectivity index (χ2v) is 7.83. The summed E-state index contributed by atoms with van der Waals surface area (Å²) in [6.45, 7) is 5.11. The fraction of sp³-hybridized carbons (Fsp3) is 0.435. The van der Waals surface area contributed by atoms with Crippen molar-refractivity contribution in [2.24, 2.45) is 4.99 Å². The van der Waals surface area contributed by atoms with E-state index in [2.05, 4.69) is 101 Å². The molecule has 1 aliphatic rings. The molecule has 0 spiro atoms. The summed E-state index contributed by atoms with van der Waals surface area (Å²) in [5.41, 5.74) is 3.83. The average Bonchev–Trinajstić information content (AvgIpc) is 3.05. The zero-order chi connectivity index (χ0) is 19.9. The molecule has 0 aromatic heterocycles. The molecule has 2 aromatic carbocycles. The molecule has 0 aliphatic carbocycles. The van der Waals surface area contributed by atoms with Crippen molar-refractivity contribution >= 4 is 35.6 Å². The Morgan fingerprint density at radius 1 is 1.10 bits per heavy atom. The summed E-state index contributed by atoms with van der Waals surface area (Å²) in [6, 6.07) is 20.3. The van der Waals surface area contributed by atoms with E-state index < -0.39 is 0 Å². The maximum atomic E-state index is 4.42. The first-order chi connectivity index (χ1) is 13.5. The Labute approximate surface area is 192 Å². The van der Waals surface area contributed by atoms with Crippen molar-refractivity contribution in [3.05, 3.63) is 65.7 Å². The highest BCUT2D eigenvalue weighted by Crippen LogP contribution is 2.20. The van der Waals surface area contributed by atoms with Gasteiger partial charge in [0.1, 0.15) is 0 Å². The number of aliphatic imine (C=N–C) groups is 1. The molecule has 1 aliphatic heterocycles. The summed E-state index contributed by atoms with van der Waals surface area (Å²) in [6.07, 6.45) is 1.13. The first-order valence-electron chi connectivity index (χ1n) is 10.1. The highest BCUT2D eigenvalue weighted by Gasteiger charge is 2.29. The molecule has 1 saturated heterocycles. The topological polar surface area (TPSA) is 42.9 Å². The molecule has 5 nitrogen and oxygen atoms in total. The lowest BCUT2D eigenvalue weighted by atomic mass is 10.2. The summed E-state index contributed by atoms with van der Waals surface area (Å²) in [7, 11) is 5.97. The number of rotatable bonds is 6. The average molecular weight is 507 g/mol. The molecular formula is C23H34IN5. The van der Waals surface area contributed by atoms with Crippen LogP contribution in [0.3, 0.4) is 0 Å². The van der Waals surface area contributed by atoms with Gasteiger partial charge in [-0.3, -0.25) is 9.89 Å². The van der Waals surface area contributed by atoms with Gasteiger partial charge in [-0.25, -0.2) is 0 Å². The molecule has 6 heteroatoms. The van der Waals surface area contributed by atoms with Gasteiger partial charge < -0.3 is 15.5 Å². The monoisotopic (exact) mass is 507 g/mol. The summed E-state index contributed by atoms with van der Waals surface area (Å²) in [5, 5.41) is 7.07. The number of hydrogen-bond donors (Lipinski definition) is 2. The van der Waals surface area contributed by atoms with Crippen LogP contribution < -0.4 is 15.5 Å². The molecule has 0 bridgehead atoms. The molecule has 1 fully saturated rings. The second-order valence-electron chi connectivity index (χ2n) is 7.83. The summed E-state index contributed by atoms with van der Waals surface area (Å²) < 4.78 is 0. The van der Waals surface area contributed by atoms with Crippen molar-refractivity contribution in [2.75, 3.05) is 32.6 Å². The van der Waals surface area contributed by atoms with Gasteiger partial charge in [-0.2, -0.15) is 0 Å². The van der Waals surface area contributed by atoms with Crippen molar-refractivity contribution in [1.82, 2.24) is 15.5 Å². The Balaban J connectivity index is 0.00000300. The zero-order valence-electron chi connectivity index (χ0n) is 17.9. The van der Waals surface area contributed by atoms with E-state index in [1.807, 2.05) is 7.05 Å². The minimum absolute atomic E-state index is 0. The van der Waals surface area contributed by atoms with E-state index in [-0.39, 0.29) is 24.0 Å². The lowest BCUT2D eigenvalue weighted by Gasteiger charge is -2.21. The first-order valence-corrected chi connectivity index (χ1v) is 10.1. The minimum Gasteiger partial charge on any atom is -0.378 e. The van der Waals surface area contributed by atoms with Crippen molar-refractivity contribution in [3.63, 3.8) is 0 Å². The van der Waals surface area contributed by atoms with E-state index in [1.54, 1.807) is 0 Å². The van der Waals surface area contributed by atoms with E-state index in [9.17, 15) is 0 Å². The quantitative estimate of drug-likeness (QED) is 0.356. The van der Waals surface area contributed by atoms with Gasteiger partial charge in [0.25, 0.3) is 0 Å². The fourth-order valence-corrected chi connectivity index (χ4v) is 3.76. The zero-order valence-corrected chi connectivity index (χ0v) is 20.3. The van der Waals surface area contributed by atoms with E-state index in [1.165, 1.54) is 16.8 Å². The highest BCUT2D eigenvalue weighted by molar-refractivity contribution is 14.0. The molecule has 1 heterocycles. The highest BCUT2D eigenvalue weighted by atomic mass is 127. The van der Waals surface area contributed by atoms with E-state index in [4.69, 9.17) is 0 Å². The Bertz CT molecular complexity index is 778. The molecule has 158 valence electrons. The van der Waals surface area contributed by atoms with Gasteiger partial charge in [0.05, 0.1) is 0 Å². The summed E-state index contributed by atoms with van der Waals surface area (Å²) in [5.74, 6) is 0.869. The van der Waals surface area contributed by atoms with Gasteiger partial charge in [-0.1, -0.05) is 42.5 Å². The molecule has 2 N–H and O–H groups in total. The van der Waals surface area contributed by atoms with Crippen LogP contribution in [-0.2, 0) is 13.1 Å². The van der Waals surface area contributed by atoms with Gasteiger partial charge in [-0.05, 0) is 36.6 Å². The summed E-state index contributed by atoms with van der Waals surface area (Å²) in [4.78, 5) is 9.09. The number of benzene rings is 2. The van der Waals surface area contributed by atoms with Crippen LogP contribution in [0.15, 0.2) is 59.6 Å². The van der Waals surface area contributed by atoms with Gasteiger partial charge in [0.2, 0.25) is 0 Å². The van der Waals surface area contributed by atoms with Crippen molar-refractivity contribution in [2.45, 2.75) is 38.5 Å². The smallest absolute Gasteiger partial charge is 0.191 e. The maximum Gasteiger partial charge on any atom is 0.191 e. The molecule has 29 heavy (non-hydrogen) atoms. The van der Waals surface area contributed by atoms with Crippen LogP contribution in [0.1, 0.15) is 24.5 Å². The normalized spacial score (nSPS) is 19.5. The van der Waals surface area contributed by atoms with Crippen LogP contribution in [0.2, 0.25) is 0 Å². The first kappa shape index (κ1) is 23.5. The Morgan fingerprint density at radius 2 is 1.83 bits per heavy atom. The van der Waals surface area contributed by atoms with Gasteiger partial charge in [0, 0.05) is 58.5 Å². The number of nitrogens with one attached hydrogen (secondary N) is 2. The molecule has 0 amide bonds.